The Morgan fingerprint density at radius 1 is 0.538 bits per heavy atom. The second-order valence-corrected chi connectivity index (χ2v) is 17.0. The maximum absolute atomic E-state index is 9.00. The van der Waals surface area contributed by atoms with Gasteiger partial charge in [-0.05, 0) is 0 Å². The summed E-state index contributed by atoms with van der Waals surface area (Å²) in [6.45, 7) is 10.8. The quantitative estimate of drug-likeness (QED) is 0.259. The first kappa shape index (κ1) is 33.9. The summed E-state index contributed by atoms with van der Waals surface area (Å²) in [5.74, 6) is 1.17. The van der Waals surface area contributed by atoms with Crippen LogP contribution in [0, 0.1) is 0 Å². The van der Waals surface area contributed by atoms with Crippen molar-refractivity contribution in [1.82, 2.24) is 0 Å². The van der Waals surface area contributed by atoms with Crippen molar-refractivity contribution in [2.24, 2.45) is 0 Å². The van der Waals surface area contributed by atoms with E-state index in [0.717, 1.165) is 70.2 Å². The standard InChI is InChI=1S/3C9H11O.2C2H4O2.Bi/c3*1-2-8-10-9-6-4-3-5-7-9;2*1-2(3)4;/h3*4-7H,2,8H2,1H3;2*1H3,(H,3,4);. The molecule has 0 amide bonds. The van der Waals surface area contributed by atoms with Crippen molar-refractivity contribution in [3.63, 3.8) is 0 Å². The van der Waals surface area contributed by atoms with Crippen LogP contribution in [-0.4, -0.2) is 63.7 Å². The van der Waals surface area contributed by atoms with E-state index in [1.165, 1.54) is 9.81 Å². The Bertz CT molecular complexity index is 939. The van der Waals surface area contributed by atoms with E-state index in [9.17, 15) is 0 Å². The molecule has 0 unspecified atom stereocenters. The van der Waals surface area contributed by atoms with Gasteiger partial charge in [0.05, 0.1) is 0 Å². The topological polar surface area (TPSA) is 102 Å². The zero-order valence-corrected chi connectivity index (χ0v) is 27.0. The van der Waals surface area contributed by atoms with Crippen molar-refractivity contribution in [3.8, 4) is 17.2 Å². The average Bonchev–Trinajstić information content (AvgIpc) is 2.91. The summed E-state index contributed by atoms with van der Waals surface area (Å²) in [5, 5.41) is 14.8. The molecule has 3 aromatic rings. The zero-order valence-electron chi connectivity index (χ0n) is 23.6. The Labute approximate surface area is 240 Å². The molecule has 0 aliphatic rings. The summed E-state index contributed by atoms with van der Waals surface area (Å²) in [6.07, 6.45) is 3.05. The monoisotopic (exact) mass is 734 g/mol. The first-order chi connectivity index (χ1) is 18.7. The Morgan fingerprint density at radius 2 is 0.744 bits per heavy atom. The third-order valence-corrected chi connectivity index (χ3v) is 14.2. The molecule has 7 nitrogen and oxygen atoms in total. The SMILES string of the molecule is CC(=O)O.CC(=O)O.CCCOc1cc[c]([Bi]([c]2ccc(OCCC)cc2)[c]2ccc(OCCC)cc2)cc1. The molecule has 0 saturated heterocycles. The number of carboxylic acid groups (broad SMARTS) is 2. The van der Waals surface area contributed by atoms with Crippen molar-refractivity contribution in [1.29, 1.82) is 0 Å². The molecule has 0 fully saturated rings. The van der Waals surface area contributed by atoms with Crippen molar-refractivity contribution >= 4 is 43.5 Å². The van der Waals surface area contributed by atoms with Crippen LogP contribution in [0.4, 0.5) is 0 Å². The van der Waals surface area contributed by atoms with Crippen LogP contribution in [0.15, 0.2) is 72.8 Å². The number of ether oxygens (including phenoxy) is 3. The number of carboxylic acids is 2. The van der Waals surface area contributed by atoms with E-state index in [4.69, 9.17) is 34.0 Å². The zero-order chi connectivity index (χ0) is 29.0. The van der Waals surface area contributed by atoms with Gasteiger partial charge in [-0.15, -0.1) is 0 Å². The molecule has 0 heterocycles. The average molecular weight is 735 g/mol. The number of hydrogen-bond acceptors (Lipinski definition) is 5. The van der Waals surface area contributed by atoms with Gasteiger partial charge in [0.2, 0.25) is 0 Å². The molecular formula is C31H41BiO7. The van der Waals surface area contributed by atoms with E-state index in [1.807, 2.05) is 0 Å². The molecule has 0 radical (unpaired) electrons. The van der Waals surface area contributed by atoms with Crippen molar-refractivity contribution in [2.75, 3.05) is 19.8 Å². The molecule has 2 N–H and O–H groups in total. The van der Waals surface area contributed by atoms with E-state index in [1.54, 1.807) is 0 Å². The molecule has 0 aromatic heterocycles. The Hall–Kier alpha value is -3.12. The first-order valence-electron chi connectivity index (χ1n) is 13.1. The number of carbonyl (C=O) groups is 2. The molecule has 8 heteroatoms. The van der Waals surface area contributed by atoms with Gasteiger partial charge in [0.1, 0.15) is 0 Å². The molecule has 0 atom stereocenters. The van der Waals surface area contributed by atoms with Crippen LogP contribution in [0.3, 0.4) is 0 Å². The molecule has 0 bridgehead atoms. The molecule has 0 aliphatic carbocycles. The first-order valence-corrected chi connectivity index (χ1v) is 18.3. The van der Waals surface area contributed by atoms with Gasteiger partial charge in [0, 0.05) is 13.8 Å². The van der Waals surface area contributed by atoms with Crippen LogP contribution in [0.25, 0.3) is 0 Å². The van der Waals surface area contributed by atoms with E-state index in [-0.39, 0.29) is 0 Å². The fourth-order valence-corrected chi connectivity index (χ4v) is 11.9. The Balaban J connectivity index is 0.000000838. The summed E-state index contributed by atoms with van der Waals surface area (Å²) in [5.41, 5.74) is 0. The molecule has 3 aromatic carbocycles. The summed E-state index contributed by atoms with van der Waals surface area (Å²) >= 11 is -2.43. The summed E-state index contributed by atoms with van der Waals surface area (Å²) < 4.78 is 21.7. The van der Waals surface area contributed by atoms with E-state index in [0.29, 0.717) is 0 Å². The van der Waals surface area contributed by atoms with Crippen LogP contribution in [0.5, 0.6) is 17.2 Å². The van der Waals surface area contributed by atoms with E-state index >= 15 is 0 Å². The normalized spacial score (nSPS) is 9.90. The van der Waals surface area contributed by atoms with Crippen LogP contribution >= 0.6 is 0 Å². The van der Waals surface area contributed by atoms with Crippen LogP contribution in [0.1, 0.15) is 53.9 Å². The fourth-order valence-electron chi connectivity index (χ4n) is 3.18. The van der Waals surface area contributed by atoms with Gasteiger partial charge in [-0.2, -0.15) is 0 Å². The predicted molar refractivity (Wildman–Crippen MR) is 158 cm³/mol. The number of benzene rings is 3. The second-order valence-electron chi connectivity index (χ2n) is 8.40. The maximum atomic E-state index is 9.00. The minimum atomic E-state index is -2.43. The van der Waals surface area contributed by atoms with E-state index < -0.39 is 33.7 Å². The van der Waals surface area contributed by atoms with E-state index in [2.05, 4.69) is 93.6 Å². The molecule has 39 heavy (non-hydrogen) atoms. The van der Waals surface area contributed by atoms with Crippen molar-refractivity contribution in [2.45, 2.75) is 53.9 Å². The van der Waals surface area contributed by atoms with Crippen molar-refractivity contribution in [3.05, 3.63) is 72.8 Å². The van der Waals surface area contributed by atoms with Gasteiger partial charge in [-0.25, -0.2) is 0 Å². The predicted octanol–water partition coefficient (Wildman–Crippen LogP) is 4.75. The molecule has 3 rings (SSSR count). The fraction of sp³-hybridized carbons (Fsp3) is 0.355. The minimum absolute atomic E-state index is 0.754. The van der Waals surface area contributed by atoms with Gasteiger partial charge < -0.3 is 10.2 Å². The van der Waals surface area contributed by atoms with Gasteiger partial charge in [-0.3, -0.25) is 9.59 Å². The molecule has 0 aliphatic heterocycles. The van der Waals surface area contributed by atoms with Gasteiger partial charge in [0.25, 0.3) is 11.9 Å². The number of rotatable bonds is 12. The van der Waals surface area contributed by atoms with Crippen molar-refractivity contribution < 1.29 is 34.0 Å². The summed E-state index contributed by atoms with van der Waals surface area (Å²) in [4.78, 5) is 18.0. The summed E-state index contributed by atoms with van der Waals surface area (Å²) in [7, 11) is 0. The Morgan fingerprint density at radius 3 is 0.923 bits per heavy atom. The van der Waals surface area contributed by atoms with Gasteiger partial charge in [0.15, 0.2) is 0 Å². The van der Waals surface area contributed by atoms with Crippen LogP contribution < -0.4 is 24.0 Å². The molecular weight excluding hydrogens is 693 g/mol. The molecule has 0 saturated carbocycles. The number of aliphatic carboxylic acids is 2. The van der Waals surface area contributed by atoms with Gasteiger partial charge >= 0.3 is 196 Å². The second kappa shape index (κ2) is 19.9. The number of hydrogen-bond donors (Lipinski definition) is 2. The third kappa shape index (κ3) is 14.6. The molecule has 0 spiro atoms. The van der Waals surface area contributed by atoms with Crippen LogP contribution in [-0.2, 0) is 9.59 Å². The molecule has 212 valence electrons. The van der Waals surface area contributed by atoms with Gasteiger partial charge in [-0.1, -0.05) is 0 Å². The summed E-state index contributed by atoms with van der Waals surface area (Å²) in [6, 6.07) is 26.2. The third-order valence-electron chi connectivity index (χ3n) is 4.70. The Kier molecular flexibility index (Phi) is 17.3. The van der Waals surface area contributed by atoms with Crippen LogP contribution in [0.2, 0.25) is 0 Å².